The SMILES string of the molecule is COc1ccc(C=C2N=C(c3cccc(Br)c3)N(c3nccs3)C2=O)cc1OC. The van der Waals surface area contributed by atoms with Crippen molar-refractivity contribution in [3.8, 4) is 11.5 Å². The number of hydrogen-bond donors (Lipinski definition) is 0. The van der Waals surface area contributed by atoms with Crippen LogP contribution < -0.4 is 14.4 Å². The Labute approximate surface area is 180 Å². The Hall–Kier alpha value is -2.97. The van der Waals surface area contributed by atoms with Gasteiger partial charge in [0.05, 0.1) is 14.2 Å². The minimum atomic E-state index is -0.232. The highest BCUT2D eigenvalue weighted by Crippen LogP contribution is 2.32. The van der Waals surface area contributed by atoms with Crippen molar-refractivity contribution in [2.24, 2.45) is 4.99 Å². The van der Waals surface area contributed by atoms with Crippen molar-refractivity contribution in [2.45, 2.75) is 0 Å². The van der Waals surface area contributed by atoms with Gasteiger partial charge in [-0.1, -0.05) is 34.1 Å². The first-order valence-corrected chi connectivity index (χ1v) is 10.3. The molecule has 0 bridgehead atoms. The number of halogens is 1. The molecule has 0 aliphatic carbocycles. The number of nitrogens with zero attached hydrogens (tertiary/aromatic N) is 3. The number of thiazole rings is 1. The van der Waals surface area contributed by atoms with Gasteiger partial charge in [-0.25, -0.2) is 14.9 Å². The molecule has 1 aliphatic heterocycles. The van der Waals surface area contributed by atoms with Crippen molar-refractivity contribution in [1.82, 2.24) is 4.98 Å². The number of hydrogen-bond acceptors (Lipinski definition) is 6. The van der Waals surface area contributed by atoms with Gasteiger partial charge in [-0.2, -0.15) is 0 Å². The van der Waals surface area contributed by atoms with E-state index in [1.165, 1.54) is 11.3 Å². The van der Waals surface area contributed by atoms with Crippen molar-refractivity contribution < 1.29 is 14.3 Å². The number of carbonyl (C=O) groups is 1. The molecule has 0 unspecified atom stereocenters. The molecule has 146 valence electrons. The van der Waals surface area contributed by atoms with E-state index in [4.69, 9.17) is 9.47 Å². The second kappa shape index (κ2) is 8.18. The number of amidine groups is 1. The number of aromatic nitrogens is 1. The van der Waals surface area contributed by atoms with Gasteiger partial charge in [-0.15, -0.1) is 11.3 Å². The lowest BCUT2D eigenvalue weighted by atomic mass is 10.1. The van der Waals surface area contributed by atoms with E-state index in [9.17, 15) is 4.79 Å². The monoisotopic (exact) mass is 469 g/mol. The number of ether oxygens (including phenoxy) is 2. The van der Waals surface area contributed by atoms with Crippen molar-refractivity contribution >= 4 is 50.2 Å². The standard InChI is InChI=1S/C21H16BrN3O3S/c1-27-17-7-6-13(11-18(17)28-2)10-16-20(26)25(21-23-8-9-29-21)19(24-16)14-4-3-5-15(22)12-14/h3-12H,1-2H3. The fourth-order valence-corrected chi connectivity index (χ4v) is 3.98. The van der Waals surface area contributed by atoms with E-state index in [1.54, 1.807) is 43.5 Å². The van der Waals surface area contributed by atoms with Crippen molar-refractivity contribution in [2.75, 3.05) is 19.1 Å². The maximum absolute atomic E-state index is 13.2. The molecule has 4 rings (SSSR count). The van der Waals surface area contributed by atoms with E-state index in [0.29, 0.717) is 28.2 Å². The second-order valence-corrected chi connectivity index (χ2v) is 7.83. The van der Waals surface area contributed by atoms with Crippen molar-refractivity contribution in [3.05, 3.63) is 75.3 Å². The fourth-order valence-electron chi connectivity index (χ4n) is 2.94. The van der Waals surface area contributed by atoms with Crippen molar-refractivity contribution in [1.29, 1.82) is 0 Å². The summed E-state index contributed by atoms with van der Waals surface area (Å²) in [5.41, 5.74) is 1.92. The predicted octanol–water partition coefficient (Wildman–Crippen LogP) is 4.76. The molecule has 2 heterocycles. The maximum Gasteiger partial charge on any atom is 0.284 e. The highest BCUT2D eigenvalue weighted by atomic mass is 79.9. The normalized spacial score (nSPS) is 15.0. The number of aliphatic imine (C=N–C) groups is 1. The molecular weight excluding hydrogens is 454 g/mol. The molecule has 0 atom stereocenters. The molecule has 1 aliphatic rings. The summed E-state index contributed by atoms with van der Waals surface area (Å²) >= 11 is 4.86. The van der Waals surface area contributed by atoms with Crippen LogP contribution in [0.3, 0.4) is 0 Å². The van der Waals surface area contributed by atoms with Crippen LogP contribution in [0.4, 0.5) is 5.13 Å². The molecule has 2 aromatic carbocycles. The lowest BCUT2D eigenvalue weighted by molar-refractivity contribution is -0.113. The highest BCUT2D eigenvalue weighted by Gasteiger charge is 2.34. The fraction of sp³-hybridized carbons (Fsp3) is 0.0952. The van der Waals surface area contributed by atoms with E-state index in [0.717, 1.165) is 15.6 Å². The van der Waals surface area contributed by atoms with E-state index in [-0.39, 0.29) is 5.91 Å². The van der Waals surface area contributed by atoms with Gasteiger partial charge in [-0.05, 0) is 35.9 Å². The largest absolute Gasteiger partial charge is 0.493 e. The van der Waals surface area contributed by atoms with Crippen LogP contribution in [0, 0.1) is 0 Å². The van der Waals surface area contributed by atoms with Crippen LogP contribution in [0.25, 0.3) is 6.08 Å². The first-order valence-electron chi connectivity index (χ1n) is 8.63. The van der Waals surface area contributed by atoms with Gasteiger partial charge < -0.3 is 9.47 Å². The van der Waals surface area contributed by atoms with Crippen LogP contribution in [0.15, 0.2) is 69.2 Å². The van der Waals surface area contributed by atoms with E-state index >= 15 is 0 Å². The zero-order valence-corrected chi connectivity index (χ0v) is 18.0. The Kier molecular flexibility index (Phi) is 5.46. The summed E-state index contributed by atoms with van der Waals surface area (Å²) in [5, 5.41) is 2.40. The van der Waals surface area contributed by atoms with E-state index < -0.39 is 0 Å². The first kappa shape index (κ1) is 19.4. The summed E-state index contributed by atoms with van der Waals surface area (Å²) in [5.74, 6) is 1.51. The number of carbonyl (C=O) groups excluding carboxylic acids is 1. The Bertz CT molecular complexity index is 1130. The van der Waals surface area contributed by atoms with Crippen molar-refractivity contribution in [3.63, 3.8) is 0 Å². The molecule has 0 fully saturated rings. The third-order valence-corrected chi connectivity index (χ3v) is 5.51. The van der Waals surface area contributed by atoms with Crippen LogP contribution in [0.1, 0.15) is 11.1 Å². The second-order valence-electron chi connectivity index (χ2n) is 6.04. The molecule has 1 amide bonds. The average molecular weight is 470 g/mol. The summed E-state index contributed by atoms with van der Waals surface area (Å²) in [6.45, 7) is 0. The Morgan fingerprint density at radius 1 is 1.10 bits per heavy atom. The number of amides is 1. The number of anilines is 1. The minimum absolute atomic E-state index is 0.232. The first-order chi connectivity index (χ1) is 14.1. The summed E-state index contributed by atoms with van der Waals surface area (Å²) in [4.78, 5) is 23.7. The molecule has 0 radical (unpaired) electrons. The molecule has 3 aromatic rings. The zero-order valence-electron chi connectivity index (χ0n) is 15.6. The molecule has 0 saturated carbocycles. The Morgan fingerprint density at radius 2 is 1.93 bits per heavy atom. The number of benzene rings is 2. The van der Waals surface area contributed by atoms with Gasteiger partial charge in [0.25, 0.3) is 5.91 Å². The Balaban J connectivity index is 1.80. The van der Waals surface area contributed by atoms with Crippen LogP contribution in [0.5, 0.6) is 11.5 Å². The minimum Gasteiger partial charge on any atom is -0.493 e. The van der Waals surface area contributed by atoms with Crippen LogP contribution in [-0.4, -0.2) is 30.9 Å². The van der Waals surface area contributed by atoms with Gasteiger partial charge in [-0.3, -0.25) is 4.79 Å². The molecule has 6 nitrogen and oxygen atoms in total. The molecule has 0 N–H and O–H groups in total. The van der Waals surface area contributed by atoms with Crippen LogP contribution in [-0.2, 0) is 4.79 Å². The average Bonchev–Trinajstić information content (AvgIpc) is 3.36. The summed E-state index contributed by atoms with van der Waals surface area (Å²) in [6.07, 6.45) is 3.40. The topological polar surface area (TPSA) is 64.0 Å². The lowest BCUT2D eigenvalue weighted by Crippen LogP contribution is -2.32. The summed E-state index contributed by atoms with van der Waals surface area (Å²) < 4.78 is 11.5. The van der Waals surface area contributed by atoms with Gasteiger partial charge >= 0.3 is 0 Å². The van der Waals surface area contributed by atoms with Gasteiger partial charge in [0, 0.05) is 21.6 Å². The van der Waals surface area contributed by atoms with Gasteiger partial charge in [0.2, 0.25) is 0 Å². The molecule has 8 heteroatoms. The van der Waals surface area contributed by atoms with E-state index in [1.807, 2.05) is 35.7 Å². The Morgan fingerprint density at radius 3 is 2.62 bits per heavy atom. The lowest BCUT2D eigenvalue weighted by Gasteiger charge is -2.15. The van der Waals surface area contributed by atoms with Gasteiger partial charge in [0.15, 0.2) is 16.6 Å². The number of rotatable bonds is 5. The third-order valence-electron chi connectivity index (χ3n) is 4.26. The summed E-state index contributed by atoms with van der Waals surface area (Å²) in [7, 11) is 3.15. The zero-order chi connectivity index (χ0) is 20.4. The molecule has 1 aromatic heterocycles. The molecular formula is C21H16BrN3O3S. The quantitative estimate of drug-likeness (QED) is 0.505. The maximum atomic E-state index is 13.2. The predicted molar refractivity (Wildman–Crippen MR) is 118 cm³/mol. The van der Waals surface area contributed by atoms with E-state index in [2.05, 4.69) is 25.9 Å². The highest BCUT2D eigenvalue weighted by molar-refractivity contribution is 9.10. The summed E-state index contributed by atoms with van der Waals surface area (Å²) in [6, 6.07) is 13.1. The molecule has 0 spiro atoms. The van der Waals surface area contributed by atoms with Crippen LogP contribution in [0.2, 0.25) is 0 Å². The molecule has 0 saturated heterocycles. The van der Waals surface area contributed by atoms with Gasteiger partial charge in [0.1, 0.15) is 11.5 Å². The van der Waals surface area contributed by atoms with Crippen LogP contribution >= 0.6 is 27.3 Å². The smallest absolute Gasteiger partial charge is 0.284 e. The molecule has 29 heavy (non-hydrogen) atoms. The number of methoxy groups -OCH3 is 2. The third kappa shape index (κ3) is 3.81.